The van der Waals surface area contributed by atoms with Gasteiger partial charge in [-0.2, -0.15) is 0 Å². The van der Waals surface area contributed by atoms with Gasteiger partial charge in [0.15, 0.2) is 0 Å². The molecule has 1 unspecified atom stereocenters. The minimum atomic E-state index is -3.11. The van der Waals surface area contributed by atoms with Crippen LogP contribution in [0.15, 0.2) is 0 Å². The van der Waals surface area contributed by atoms with Crippen molar-refractivity contribution in [3.05, 3.63) is 0 Å². The van der Waals surface area contributed by atoms with Gasteiger partial charge in [-0.1, -0.05) is 13.8 Å². The van der Waals surface area contributed by atoms with E-state index >= 15 is 0 Å². The summed E-state index contributed by atoms with van der Waals surface area (Å²) in [5, 5.41) is 2.99. The first-order valence-corrected chi connectivity index (χ1v) is 8.04. The Bertz CT molecular complexity index is 374. The van der Waals surface area contributed by atoms with Gasteiger partial charge in [-0.3, -0.25) is 0 Å². The lowest BCUT2D eigenvalue weighted by Gasteiger charge is -2.23. The van der Waals surface area contributed by atoms with E-state index in [1.807, 2.05) is 6.92 Å². The van der Waals surface area contributed by atoms with E-state index in [1.54, 1.807) is 4.31 Å². The third kappa shape index (κ3) is 3.20. The van der Waals surface area contributed by atoms with E-state index in [2.05, 4.69) is 19.2 Å². The lowest BCUT2D eigenvalue weighted by atomic mass is 9.93. The maximum absolute atomic E-state index is 12.3. The van der Waals surface area contributed by atoms with Gasteiger partial charge in [-0.25, -0.2) is 12.7 Å². The molecule has 1 saturated carbocycles. The molecule has 5 heteroatoms. The first-order valence-electron chi connectivity index (χ1n) is 6.54. The Morgan fingerprint density at radius 1 is 1.41 bits per heavy atom. The second-order valence-electron chi connectivity index (χ2n) is 6.29. The minimum absolute atomic E-state index is 0.136. The molecule has 2 aliphatic rings. The van der Waals surface area contributed by atoms with Crippen LogP contribution >= 0.6 is 0 Å². The maximum Gasteiger partial charge on any atom is 0.217 e. The summed E-state index contributed by atoms with van der Waals surface area (Å²) in [4.78, 5) is 0. The highest BCUT2D eigenvalue weighted by molar-refractivity contribution is 7.89. The Labute approximate surface area is 105 Å². The SMILES string of the molecule is CC(CNC1CC1)S(=O)(=O)N1CCC(C)(C)C1. The van der Waals surface area contributed by atoms with Crippen molar-refractivity contribution >= 4 is 10.0 Å². The van der Waals surface area contributed by atoms with Crippen LogP contribution in [0.25, 0.3) is 0 Å². The Kier molecular flexibility index (Phi) is 3.54. The molecule has 100 valence electrons. The number of nitrogens with one attached hydrogen (secondary N) is 1. The Balaban J connectivity index is 1.92. The van der Waals surface area contributed by atoms with Crippen LogP contribution in [0.5, 0.6) is 0 Å². The average Bonchev–Trinajstić information content (AvgIpc) is 2.98. The van der Waals surface area contributed by atoms with Crippen LogP contribution in [0.3, 0.4) is 0 Å². The van der Waals surface area contributed by atoms with Gasteiger partial charge in [0, 0.05) is 25.7 Å². The standard InChI is InChI=1S/C12H24N2O2S/c1-10(8-13-11-4-5-11)17(15,16)14-7-6-12(2,3)9-14/h10-11,13H,4-9H2,1-3H3. The van der Waals surface area contributed by atoms with E-state index in [-0.39, 0.29) is 10.7 Å². The summed E-state index contributed by atoms with van der Waals surface area (Å²) < 4.78 is 26.4. The molecule has 1 atom stereocenters. The fourth-order valence-electron chi connectivity index (χ4n) is 2.26. The van der Waals surface area contributed by atoms with Gasteiger partial charge < -0.3 is 5.32 Å². The molecule has 0 amide bonds. The molecule has 1 N–H and O–H groups in total. The highest BCUT2D eigenvalue weighted by Gasteiger charge is 2.38. The third-order valence-corrected chi connectivity index (χ3v) is 6.00. The van der Waals surface area contributed by atoms with Crippen molar-refractivity contribution in [2.45, 2.75) is 51.3 Å². The lowest BCUT2D eigenvalue weighted by Crippen LogP contribution is -2.41. The highest BCUT2D eigenvalue weighted by atomic mass is 32.2. The van der Waals surface area contributed by atoms with E-state index in [1.165, 1.54) is 12.8 Å². The molecule has 1 aliphatic carbocycles. The van der Waals surface area contributed by atoms with Crippen molar-refractivity contribution < 1.29 is 8.42 Å². The van der Waals surface area contributed by atoms with Crippen LogP contribution in [0.4, 0.5) is 0 Å². The summed E-state index contributed by atoms with van der Waals surface area (Å²) in [6.45, 7) is 8.03. The van der Waals surface area contributed by atoms with E-state index in [9.17, 15) is 8.42 Å². The molecule has 0 radical (unpaired) electrons. The van der Waals surface area contributed by atoms with Crippen LogP contribution in [0.2, 0.25) is 0 Å². The number of sulfonamides is 1. The van der Waals surface area contributed by atoms with Crippen molar-refractivity contribution in [3.63, 3.8) is 0 Å². The Morgan fingerprint density at radius 2 is 2.06 bits per heavy atom. The Hall–Kier alpha value is -0.130. The second kappa shape index (κ2) is 4.52. The zero-order valence-electron chi connectivity index (χ0n) is 11.1. The van der Waals surface area contributed by atoms with Gasteiger partial charge in [0.25, 0.3) is 0 Å². The molecule has 1 aliphatic heterocycles. The molecule has 0 aromatic heterocycles. The first-order chi connectivity index (χ1) is 7.81. The van der Waals surface area contributed by atoms with Crippen molar-refractivity contribution in [1.29, 1.82) is 0 Å². The Morgan fingerprint density at radius 3 is 2.53 bits per heavy atom. The third-order valence-electron chi connectivity index (χ3n) is 3.78. The minimum Gasteiger partial charge on any atom is -0.313 e. The smallest absolute Gasteiger partial charge is 0.217 e. The first kappa shape index (κ1) is 13.3. The number of hydrogen-bond donors (Lipinski definition) is 1. The number of hydrogen-bond acceptors (Lipinski definition) is 3. The van der Waals surface area contributed by atoms with Crippen molar-refractivity contribution in [1.82, 2.24) is 9.62 Å². The van der Waals surface area contributed by atoms with Gasteiger partial charge in [-0.05, 0) is 31.6 Å². The molecule has 0 bridgehead atoms. The van der Waals surface area contributed by atoms with Crippen LogP contribution in [-0.2, 0) is 10.0 Å². The quantitative estimate of drug-likeness (QED) is 0.808. The average molecular weight is 260 g/mol. The van der Waals surface area contributed by atoms with Gasteiger partial charge in [-0.15, -0.1) is 0 Å². The normalized spacial score (nSPS) is 27.2. The lowest BCUT2D eigenvalue weighted by molar-refractivity contribution is 0.373. The molecular formula is C12H24N2O2S. The largest absolute Gasteiger partial charge is 0.313 e. The van der Waals surface area contributed by atoms with Gasteiger partial charge in [0.1, 0.15) is 0 Å². The van der Waals surface area contributed by atoms with Crippen molar-refractivity contribution in [3.8, 4) is 0 Å². The topological polar surface area (TPSA) is 49.4 Å². The maximum atomic E-state index is 12.3. The molecule has 4 nitrogen and oxygen atoms in total. The van der Waals surface area contributed by atoms with Crippen LogP contribution in [-0.4, -0.2) is 43.6 Å². The van der Waals surface area contributed by atoms with Crippen molar-refractivity contribution in [2.75, 3.05) is 19.6 Å². The van der Waals surface area contributed by atoms with Crippen LogP contribution in [0, 0.1) is 5.41 Å². The molecule has 0 aromatic rings. The van der Waals surface area contributed by atoms with E-state index in [0.717, 1.165) is 6.42 Å². The van der Waals surface area contributed by atoms with Gasteiger partial charge in [0.2, 0.25) is 10.0 Å². The predicted molar refractivity (Wildman–Crippen MR) is 69.4 cm³/mol. The van der Waals surface area contributed by atoms with E-state index in [0.29, 0.717) is 25.7 Å². The van der Waals surface area contributed by atoms with Crippen LogP contribution in [0.1, 0.15) is 40.0 Å². The molecule has 17 heavy (non-hydrogen) atoms. The summed E-state index contributed by atoms with van der Waals surface area (Å²) in [5.74, 6) is 0. The fraction of sp³-hybridized carbons (Fsp3) is 1.00. The predicted octanol–water partition coefficient (Wildman–Crippen LogP) is 1.19. The van der Waals surface area contributed by atoms with Crippen LogP contribution < -0.4 is 5.32 Å². The summed E-state index contributed by atoms with van der Waals surface area (Å²) >= 11 is 0. The van der Waals surface area contributed by atoms with Gasteiger partial charge >= 0.3 is 0 Å². The molecule has 0 spiro atoms. The van der Waals surface area contributed by atoms with E-state index in [4.69, 9.17) is 0 Å². The monoisotopic (exact) mass is 260 g/mol. The number of nitrogens with zero attached hydrogens (tertiary/aromatic N) is 1. The summed E-state index contributed by atoms with van der Waals surface area (Å²) in [6, 6.07) is 0.572. The van der Waals surface area contributed by atoms with Crippen molar-refractivity contribution in [2.24, 2.45) is 5.41 Å². The molecule has 2 rings (SSSR count). The molecule has 1 heterocycles. The zero-order valence-corrected chi connectivity index (χ0v) is 11.9. The zero-order chi connectivity index (χ0) is 12.7. The fourth-order valence-corrected chi connectivity index (χ4v) is 3.95. The molecule has 1 saturated heterocycles. The summed E-state index contributed by atoms with van der Waals surface area (Å²) in [7, 11) is -3.11. The highest BCUT2D eigenvalue weighted by Crippen LogP contribution is 2.31. The molecular weight excluding hydrogens is 236 g/mol. The van der Waals surface area contributed by atoms with E-state index < -0.39 is 10.0 Å². The number of rotatable bonds is 5. The molecule has 0 aromatic carbocycles. The molecule has 2 fully saturated rings. The van der Waals surface area contributed by atoms with Gasteiger partial charge in [0.05, 0.1) is 5.25 Å². The summed E-state index contributed by atoms with van der Waals surface area (Å²) in [6.07, 6.45) is 3.36. The summed E-state index contributed by atoms with van der Waals surface area (Å²) in [5.41, 5.74) is 0.136. The second-order valence-corrected chi connectivity index (χ2v) is 8.64.